The van der Waals surface area contributed by atoms with Crippen LogP contribution in [0.15, 0.2) is 53.3 Å². The Bertz CT molecular complexity index is 564. The van der Waals surface area contributed by atoms with E-state index >= 15 is 0 Å². The summed E-state index contributed by atoms with van der Waals surface area (Å²) in [4.78, 5) is 0. The number of hydrazone groups is 1. The lowest BCUT2D eigenvalue weighted by Crippen LogP contribution is -2.35. The maximum absolute atomic E-state index is 5.91. The molecule has 0 saturated carbocycles. The summed E-state index contributed by atoms with van der Waals surface area (Å²) in [7, 11) is 0. The van der Waals surface area contributed by atoms with Gasteiger partial charge in [-0.2, -0.15) is 5.10 Å². The van der Waals surface area contributed by atoms with Crippen molar-refractivity contribution in [2.24, 2.45) is 5.10 Å². The normalized spacial score (nSPS) is 17.3. The maximum atomic E-state index is 5.91. The first-order valence-corrected chi connectivity index (χ1v) is 8.85. The van der Waals surface area contributed by atoms with Crippen LogP contribution in [0, 0.1) is 0 Å². The van der Waals surface area contributed by atoms with Crippen molar-refractivity contribution < 1.29 is 9.47 Å². The first-order valence-electron chi connectivity index (χ1n) is 8.85. The van der Waals surface area contributed by atoms with E-state index in [9.17, 15) is 0 Å². The van der Waals surface area contributed by atoms with Gasteiger partial charge in [0.15, 0.2) is 0 Å². The summed E-state index contributed by atoms with van der Waals surface area (Å²) in [5, 5.41) is 4.38. The highest BCUT2D eigenvalue weighted by Gasteiger charge is 2.20. The van der Waals surface area contributed by atoms with E-state index in [0.717, 1.165) is 42.7 Å². The summed E-state index contributed by atoms with van der Waals surface area (Å²) in [6.07, 6.45) is 9.97. The molecule has 0 amide bonds. The van der Waals surface area contributed by atoms with E-state index in [1.54, 1.807) is 0 Å². The standard InChI is InChI=1S/C20H28N2O2/c1-3-5-14-23-19-16-18(13-12-17-10-8-7-9-11-17)21-22-20(19)24-15-6-4-2/h7-13,16,20,22H,3-6,14-15H2,1-2H3/b13-12+. The van der Waals surface area contributed by atoms with Crippen LogP contribution in [-0.2, 0) is 9.47 Å². The van der Waals surface area contributed by atoms with E-state index in [0.29, 0.717) is 13.2 Å². The number of nitrogens with one attached hydrogen (secondary N) is 1. The Labute approximate surface area is 145 Å². The molecular formula is C20H28N2O2. The molecule has 0 spiro atoms. The highest BCUT2D eigenvalue weighted by Crippen LogP contribution is 2.14. The Morgan fingerprint density at radius 3 is 2.54 bits per heavy atom. The van der Waals surface area contributed by atoms with Gasteiger partial charge < -0.3 is 9.47 Å². The molecule has 0 saturated heterocycles. The number of ether oxygens (including phenoxy) is 2. The van der Waals surface area contributed by atoms with Crippen LogP contribution in [0.3, 0.4) is 0 Å². The van der Waals surface area contributed by atoms with E-state index in [-0.39, 0.29) is 6.23 Å². The molecule has 0 aliphatic carbocycles. The molecule has 1 heterocycles. The molecule has 1 aliphatic heterocycles. The Balaban J connectivity index is 2.00. The van der Waals surface area contributed by atoms with Crippen LogP contribution in [0.4, 0.5) is 0 Å². The second-order valence-corrected chi connectivity index (χ2v) is 5.76. The molecule has 1 aromatic carbocycles. The number of hydrogen-bond donors (Lipinski definition) is 1. The molecule has 1 unspecified atom stereocenters. The predicted octanol–water partition coefficient (Wildman–Crippen LogP) is 4.50. The molecule has 4 heteroatoms. The van der Waals surface area contributed by atoms with E-state index < -0.39 is 0 Å². The quantitative estimate of drug-likeness (QED) is 0.643. The van der Waals surface area contributed by atoms with Gasteiger partial charge in [0.25, 0.3) is 0 Å². The fourth-order valence-corrected chi connectivity index (χ4v) is 2.20. The molecule has 24 heavy (non-hydrogen) atoms. The second kappa shape index (κ2) is 10.7. The van der Waals surface area contributed by atoms with Crippen LogP contribution >= 0.6 is 0 Å². The topological polar surface area (TPSA) is 42.8 Å². The minimum atomic E-state index is -0.290. The van der Waals surface area contributed by atoms with Gasteiger partial charge in [-0.1, -0.05) is 63.1 Å². The largest absolute Gasteiger partial charge is 0.493 e. The lowest BCUT2D eigenvalue weighted by molar-refractivity contribution is 0.00723. The summed E-state index contributed by atoms with van der Waals surface area (Å²) < 4.78 is 11.8. The minimum Gasteiger partial charge on any atom is -0.493 e. The summed E-state index contributed by atoms with van der Waals surface area (Å²) >= 11 is 0. The number of unbranched alkanes of at least 4 members (excludes halogenated alkanes) is 2. The van der Waals surface area contributed by atoms with Gasteiger partial charge in [-0.25, -0.2) is 0 Å². The Kier molecular flexibility index (Phi) is 8.11. The van der Waals surface area contributed by atoms with E-state index in [2.05, 4.69) is 36.5 Å². The number of rotatable bonds is 10. The molecule has 0 radical (unpaired) electrons. The highest BCUT2D eigenvalue weighted by atomic mass is 16.5. The molecule has 0 aromatic heterocycles. The van der Waals surface area contributed by atoms with Crippen molar-refractivity contribution in [2.75, 3.05) is 13.2 Å². The lowest BCUT2D eigenvalue weighted by Gasteiger charge is -2.24. The van der Waals surface area contributed by atoms with Gasteiger partial charge >= 0.3 is 0 Å². The zero-order valence-corrected chi connectivity index (χ0v) is 14.7. The third kappa shape index (κ3) is 6.20. The third-order valence-electron chi connectivity index (χ3n) is 3.65. The summed E-state index contributed by atoms with van der Waals surface area (Å²) in [5.74, 6) is 0.808. The fourth-order valence-electron chi connectivity index (χ4n) is 2.20. The smallest absolute Gasteiger partial charge is 0.200 e. The van der Waals surface area contributed by atoms with Gasteiger partial charge in [0, 0.05) is 12.7 Å². The van der Waals surface area contributed by atoms with Crippen LogP contribution in [0.2, 0.25) is 0 Å². The zero-order chi connectivity index (χ0) is 17.0. The van der Waals surface area contributed by atoms with Crippen LogP contribution in [0.5, 0.6) is 0 Å². The number of benzene rings is 1. The van der Waals surface area contributed by atoms with E-state index in [1.165, 1.54) is 0 Å². The van der Waals surface area contributed by atoms with Gasteiger partial charge in [-0.15, -0.1) is 0 Å². The first kappa shape index (κ1) is 18.3. The molecule has 1 aliphatic rings. The van der Waals surface area contributed by atoms with Crippen LogP contribution in [0.1, 0.15) is 45.1 Å². The van der Waals surface area contributed by atoms with Gasteiger partial charge in [-0.3, -0.25) is 5.43 Å². The van der Waals surface area contributed by atoms with Crippen molar-refractivity contribution in [3.63, 3.8) is 0 Å². The van der Waals surface area contributed by atoms with Crippen molar-refractivity contribution in [2.45, 2.75) is 45.8 Å². The monoisotopic (exact) mass is 328 g/mol. The SMILES string of the molecule is CCCCOC1=CC(/C=C/c2ccccc2)=NNC1OCCCC. The molecular weight excluding hydrogens is 300 g/mol. The molecule has 0 fully saturated rings. The van der Waals surface area contributed by atoms with Crippen LogP contribution in [-0.4, -0.2) is 25.2 Å². The Morgan fingerprint density at radius 1 is 1.04 bits per heavy atom. The summed E-state index contributed by atoms with van der Waals surface area (Å²) in [6, 6.07) is 10.2. The first-order chi connectivity index (χ1) is 11.8. The van der Waals surface area contributed by atoms with Crippen molar-refractivity contribution in [3.8, 4) is 0 Å². The van der Waals surface area contributed by atoms with Crippen molar-refractivity contribution in [1.82, 2.24) is 5.43 Å². The molecule has 1 N–H and O–H groups in total. The minimum absolute atomic E-state index is 0.290. The van der Waals surface area contributed by atoms with Crippen molar-refractivity contribution in [1.29, 1.82) is 0 Å². The Morgan fingerprint density at radius 2 is 1.79 bits per heavy atom. The molecule has 1 atom stereocenters. The average molecular weight is 328 g/mol. The second-order valence-electron chi connectivity index (χ2n) is 5.76. The fraction of sp³-hybridized carbons (Fsp3) is 0.450. The van der Waals surface area contributed by atoms with Gasteiger partial charge in [-0.05, 0) is 24.5 Å². The lowest BCUT2D eigenvalue weighted by atomic mass is 10.1. The highest BCUT2D eigenvalue weighted by molar-refractivity contribution is 6.07. The summed E-state index contributed by atoms with van der Waals surface area (Å²) in [6.45, 7) is 5.71. The van der Waals surface area contributed by atoms with Gasteiger partial charge in [0.1, 0.15) is 5.76 Å². The maximum Gasteiger partial charge on any atom is 0.200 e. The zero-order valence-electron chi connectivity index (χ0n) is 14.7. The molecule has 2 rings (SSSR count). The van der Waals surface area contributed by atoms with Crippen LogP contribution in [0.25, 0.3) is 6.08 Å². The van der Waals surface area contributed by atoms with E-state index in [4.69, 9.17) is 9.47 Å². The van der Waals surface area contributed by atoms with Crippen molar-refractivity contribution >= 4 is 11.8 Å². The van der Waals surface area contributed by atoms with E-state index in [1.807, 2.05) is 36.4 Å². The van der Waals surface area contributed by atoms with Crippen molar-refractivity contribution in [3.05, 3.63) is 53.8 Å². The van der Waals surface area contributed by atoms with Crippen LogP contribution < -0.4 is 5.43 Å². The molecule has 130 valence electrons. The predicted molar refractivity (Wildman–Crippen MR) is 99.6 cm³/mol. The Hall–Kier alpha value is -2.07. The van der Waals surface area contributed by atoms with Gasteiger partial charge in [0.2, 0.25) is 6.23 Å². The number of hydrogen-bond acceptors (Lipinski definition) is 4. The molecule has 0 bridgehead atoms. The number of allylic oxidation sites excluding steroid dienone is 2. The summed E-state index contributed by atoms with van der Waals surface area (Å²) in [5.41, 5.74) is 5.04. The number of nitrogens with zero attached hydrogens (tertiary/aromatic N) is 1. The van der Waals surface area contributed by atoms with Gasteiger partial charge in [0.05, 0.1) is 12.3 Å². The third-order valence-corrected chi connectivity index (χ3v) is 3.65. The molecule has 4 nitrogen and oxygen atoms in total. The average Bonchev–Trinajstić information content (AvgIpc) is 2.62. The molecule has 1 aromatic rings.